The first-order valence-corrected chi connectivity index (χ1v) is 7.28. The number of thiocarbonyl (C=S) groups is 1. The van der Waals surface area contributed by atoms with Crippen LogP contribution in [-0.2, 0) is 0 Å². The molecule has 1 unspecified atom stereocenters. The second-order valence-corrected chi connectivity index (χ2v) is 5.63. The quantitative estimate of drug-likeness (QED) is 0.857. The van der Waals surface area contributed by atoms with Crippen LogP contribution >= 0.6 is 23.8 Å². The smallest absolute Gasteiger partial charge is 0.105 e. The van der Waals surface area contributed by atoms with Crippen molar-refractivity contribution in [2.45, 2.75) is 38.6 Å². The molecule has 0 spiro atoms. The Hall–Kier alpha value is -0.800. The zero-order valence-corrected chi connectivity index (χ0v) is 12.2. The standard InChI is InChI=1S/C14H19ClN2S/c1-2-10-5-3-4-8-17(10)11-6-7-12(14(16)18)13(15)9-11/h6-7,9-10H,2-5,8H2,1H3,(H2,16,18). The van der Waals surface area contributed by atoms with Crippen LogP contribution in [0.4, 0.5) is 5.69 Å². The molecule has 1 aliphatic rings. The fraction of sp³-hybridized carbons (Fsp3) is 0.500. The van der Waals surface area contributed by atoms with Crippen LogP contribution in [0.1, 0.15) is 38.2 Å². The minimum Gasteiger partial charge on any atom is -0.389 e. The molecule has 0 saturated carbocycles. The lowest BCUT2D eigenvalue weighted by Crippen LogP contribution is -2.39. The summed E-state index contributed by atoms with van der Waals surface area (Å²) in [5.74, 6) is 0. The van der Waals surface area contributed by atoms with E-state index in [1.165, 1.54) is 31.4 Å². The summed E-state index contributed by atoms with van der Waals surface area (Å²) in [5.41, 5.74) is 7.58. The Balaban J connectivity index is 2.27. The molecule has 2 N–H and O–H groups in total. The maximum Gasteiger partial charge on any atom is 0.105 e. The molecule has 2 rings (SSSR count). The predicted molar refractivity (Wildman–Crippen MR) is 82.6 cm³/mol. The molecule has 1 aromatic rings. The summed E-state index contributed by atoms with van der Waals surface area (Å²) in [6.45, 7) is 3.36. The number of nitrogens with two attached hydrogens (primary N) is 1. The zero-order chi connectivity index (χ0) is 13.1. The average molecular weight is 283 g/mol. The maximum absolute atomic E-state index is 6.24. The molecule has 2 nitrogen and oxygen atoms in total. The van der Waals surface area contributed by atoms with Crippen molar-refractivity contribution in [3.63, 3.8) is 0 Å². The van der Waals surface area contributed by atoms with Gasteiger partial charge in [0, 0.05) is 23.8 Å². The fourth-order valence-electron chi connectivity index (χ4n) is 2.65. The Morgan fingerprint density at radius 1 is 1.50 bits per heavy atom. The van der Waals surface area contributed by atoms with Crippen molar-refractivity contribution in [1.29, 1.82) is 0 Å². The van der Waals surface area contributed by atoms with Gasteiger partial charge in [0.15, 0.2) is 0 Å². The Labute approximate surface area is 119 Å². The van der Waals surface area contributed by atoms with E-state index < -0.39 is 0 Å². The number of nitrogens with zero attached hydrogens (tertiary/aromatic N) is 1. The Morgan fingerprint density at radius 2 is 2.28 bits per heavy atom. The van der Waals surface area contributed by atoms with Crippen LogP contribution in [0.3, 0.4) is 0 Å². The van der Waals surface area contributed by atoms with Crippen molar-refractivity contribution in [3.8, 4) is 0 Å². The molecule has 98 valence electrons. The second-order valence-electron chi connectivity index (χ2n) is 4.78. The average Bonchev–Trinajstić information content (AvgIpc) is 2.38. The van der Waals surface area contributed by atoms with Crippen molar-refractivity contribution in [2.24, 2.45) is 5.73 Å². The van der Waals surface area contributed by atoms with Gasteiger partial charge in [0.25, 0.3) is 0 Å². The van der Waals surface area contributed by atoms with Gasteiger partial charge in [0.1, 0.15) is 4.99 Å². The van der Waals surface area contributed by atoms with E-state index in [1.54, 1.807) is 0 Å². The third kappa shape index (κ3) is 2.78. The highest BCUT2D eigenvalue weighted by atomic mass is 35.5. The molecule has 1 aromatic carbocycles. The lowest BCUT2D eigenvalue weighted by molar-refractivity contribution is 0.450. The van der Waals surface area contributed by atoms with Crippen molar-refractivity contribution >= 4 is 34.5 Å². The van der Waals surface area contributed by atoms with Gasteiger partial charge in [0.05, 0.1) is 5.02 Å². The molecule has 0 bridgehead atoms. The topological polar surface area (TPSA) is 29.3 Å². The molecule has 1 saturated heterocycles. The molecule has 0 amide bonds. The maximum atomic E-state index is 6.24. The highest BCUT2D eigenvalue weighted by Crippen LogP contribution is 2.29. The third-order valence-electron chi connectivity index (χ3n) is 3.65. The first kappa shape index (κ1) is 13.6. The van der Waals surface area contributed by atoms with Crippen molar-refractivity contribution in [3.05, 3.63) is 28.8 Å². The molecular formula is C14H19ClN2S. The van der Waals surface area contributed by atoms with Crippen LogP contribution in [0.25, 0.3) is 0 Å². The van der Waals surface area contributed by atoms with E-state index in [-0.39, 0.29) is 0 Å². The van der Waals surface area contributed by atoms with Gasteiger partial charge in [0.2, 0.25) is 0 Å². The Morgan fingerprint density at radius 3 is 2.89 bits per heavy atom. The van der Waals surface area contributed by atoms with E-state index in [2.05, 4.69) is 17.9 Å². The number of benzene rings is 1. The van der Waals surface area contributed by atoms with Gasteiger partial charge < -0.3 is 10.6 Å². The first-order valence-electron chi connectivity index (χ1n) is 6.49. The second kappa shape index (κ2) is 5.89. The summed E-state index contributed by atoms with van der Waals surface area (Å²) in [4.78, 5) is 2.82. The van der Waals surface area contributed by atoms with Gasteiger partial charge in [-0.1, -0.05) is 30.7 Å². The summed E-state index contributed by atoms with van der Waals surface area (Å²) in [7, 11) is 0. The number of anilines is 1. The monoisotopic (exact) mass is 282 g/mol. The van der Waals surface area contributed by atoms with Crippen molar-refractivity contribution < 1.29 is 0 Å². The highest BCUT2D eigenvalue weighted by molar-refractivity contribution is 7.80. The van der Waals surface area contributed by atoms with Crippen LogP contribution in [0, 0.1) is 0 Å². The van der Waals surface area contributed by atoms with Crippen LogP contribution in [-0.4, -0.2) is 17.6 Å². The molecule has 1 heterocycles. The summed E-state index contributed by atoms with van der Waals surface area (Å²) in [6.07, 6.45) is 5.03. The van der Waals surface area contributed by atoms with Crippen molar-refractivity contribution in [2.75, 3.05) is 11.4 Å². The van der Waals surface area contributed by atoms with Gasteiger partial charge >= 0.3 is 0 Å². The molecule has 4 heteroatoms. The van der Waals surface area contributed by atoms with E-state index in [0.29, 0.717) is 16.1 Å². The van der Waals surface area contributed by atoms with E-state index in [1.807, 2.05) is 12.1 Å². The van der Waals surface area contributed by atoms with E-state index >= 15 is 0 Å². The van der Waals surface area contributed by atoms with Crippen LogP contribution in [0.5, 0.6) is 0 Å². The van der Waals surface area contributed by atoms with E-state index in [4.69, 9.17) is 29.6 Å². The zero-order valence-electron chi connectivity index (χ0n) is 10.7. The molecule has 0 aliphatic carbocycles. The van der Waals surface area contributed by atoms with Gasteiger partial charge in [-0.2, -0.15) is 0 Å². The van der Waals surface area contributed by atoms with E-state index in [9.17, 15) is 0 Å². The molecule has 1 fully saturated rings. The van der Waals surface area contributed by atoms with Gasteiger partial charge in [-0.05, 0) is 43.9 Å². The normalized spacial score (nSPS) is 19.9. The first-order chi connectivity index (χ1) is 8.63. The fourth-order valence-corrected chi connectivity index (χ4v) is 3.16. The minimum absolute atomic E-state index is 0.359. The lowest BCUT2D eigenvalue weighted by atomic mass is 9.99. The van der Waals surface area contributed by atoms with Gasteiger partial charge in [-0.15, -0.1) is 0 Å². The molecule has 1 atom stereocenters. The highest BCUT2D eigenvalue weighted by Gasteiger charge is 2.21. The van der Waals surface area contributed by atoms with Crippen LogP contribution in [0.15, 0.2) is 18.2 Å². The van der Waals surface area contributed by atoms with Gasteiger partial charge in [-0.3, -0.25) is 0 Å². The Kier molecular flexibility index (Phi) is 4.46. The van der Waals surface area contributed by atoms with Crippen LogP contribution < -0.4 is 10.6 Å². The summed E-state index contributed by atoms with van der Waals surface area (Å²) in [5, 5.41) is 0.653. The summed E-state index contributed by atoms with van der Waals surface area (Å²) in [6, 6.07) is 6.63. The minimum atomic E-state index is 0.359. The molecular weight excluding hydrogens is 264 g/mol. The third-order valence-corrected chi connectivity index (χ3v) is 4.18. The Bertz CT molecular complexity index is 447. The predicted octanol–water partition coefficient (Wildman–Crippen LogP) is 3.74. The number of hydrogen-bond donors (Lipinski definition) is 1. The summed E-state index contributed by atoms with van der Waals surface area (Å²) < 4.78 is 0. The van der Waals surface area contributed by atoms with Gasteiger partial charge in [-0.25, -0.2) is 0 Å². The molecule has 1 aliphatic heterocycles. The number of halogens is 1. The molecule has 0 radical (unpaired) electrons. The summed E-state index contributed by atoms with van der Waals surface area (Å²) >= 11 is 11.2. The lowest BCUT2D eigenvalue weighted by Gasteiger charge is -2.37. The largest absolute Gasteiger partial charge is 0.389 e. The number of rotatable bonds is 3. The molecule has 18 heavy (non-hydrogen) atoms. The van der Waals surface area contributed by atoms with Crippen LogP contribution in [0.2, 0.25) is 5.02 Å². The van der Waals surface area contributed by atoms with E-state index in [0.717, 1.165) is 12.1 Å². The SMILES string of the molecule is CCC1CCCCN1c1ccc(C(N)=S)c(Cl)c1. The number of hydrogen-bond acceptors (Lipinski definition) is 2. The molecule has 0 aromatic heterocycles. The van der Waals surface area contributed by atoms with Crippen molar-refractivity contribution in [1.82, 2.24) is 0 Å². The number of piperidine rings is 1.